The van der Waals surface area contributed by atoms with Gasteiger partial charge in [-0.05, 0) is 48.3 Å². The van der Waals surface area contributed by atoms with Gasteiger partial charge in [0.25, 0.3) is 0 Å². The number of nitrogens with zero attached hydrogens (tertiary/aromatic N) is 4. The Bertz CT molecular complexity index is 755. The quantitative estimate of drug-likeness (QED) is 0.932. The molecule has 6 nitrogen and oxygen atoms in total. The van der Waals surface area contributed by atoms with Crippen molar-refractivity contribution in [3.63, 3.8) is 0 Å². The number of nitrogens with one attached hydrogen (secondary N) is 1. The Morgan fingerprint density at radius 1 is 1.40 bits per heavy atom. The van der Waals surface area contributed by atoms with E-state index in [9.17, 15) is 4.79 Å². The third kappa shape index (κ3) is 3.01. The standard InChI is InChI=1S/C19H25N5O/c1-19(2)15-6-4-8-24(17(19)10-15)18(25)22-16-7-3-5-14(9-16)11-23-13-20-12-21-23/h3,5,7,9,12-13,15,17H,4,6,8,10-11H2,1-2H3,(H,22,25). The van der Waals surface area contributed by atoms with Gasteiger partial charge in [0.15, 0.2) is 0 Å². The van der Waals surface area contributed by atoms with Gasteiger partial charge in [0.2, 0.25) is 0 Å². The molecule has 25 heavy (non-hydrogen) atoms. The number of urea groups is 1. The van der Waals surface area contributed by atoms with Gasteiger partial charge in [0.05, 0.1) is 6.54 Å². The molecule has 6 heteroatoms. The average molecular weight is 339 g/mol. The van der Waals surface area contributed by atoms with Gasteiger partial charge in [0, 0.05) is 18.3 Å². The normalized spacial score (nSPS) is 24.3. The van der Waals surface area contributed by atoms with E-state index in [4.69, 9.17) is 0 Å². The third-order valence-electron chi connectivity index (χ3n) is 6.00. The van der Waals surface area contributed by atoms with Crippen LogP contribution in [0.3, 0.4) is 0 Å². The molecule has 2 aliphatic heterocycles. The summed E-state index contributed by atoms with van der Waals surface area (Å²) in [5.41, 5.74) is 2.16. The van der Waals surface area contributed by atoms with Crippen LogP contribution in [0, 0.1) is 11.3 Å². The highest BCUT2D eigenvalue weighted by atomic mass is 16.2. The van der Waals surface area contributed by atoms with Crippen LogP contribution in [0.5, 0.6) is 0 Å². The second-order valence-corrected chi connectivity index (χ2v) is 7.83. The maximum Gasteiger partial charge on any atom is 0.322 e. The lowest BCUT2D eigenvalue weighted by Gasteiger charge is -2.54. The van der Waals surface area contributed by atoms with Crippen LogP contribution in [-0.4, -0.2) is 38.3 Å². The van der Waals surface area contributed by atoms with Crippen molar-refractivity contribution in [2.45, 2.75) is 45.7 Å². The van der Waals surface area contributed by atoms with Crippen molar-refractivity contribution in [2.75, 3.05) is 11.9 Å². The molecule has 1 aromatic heterocycles. The second kappa shape index (κ2) is 6.17. The topological polar surface area (TPSA) is 63.1 Å². The predicted octanol–water partition coefficient (Wildman–Crippen LogP) is 3.37. The lowest BCUT2D eigenvalue weighted by molar-refractivity contribution is -0.0226. The summed E-state index contributed by atoms with van der Waals surface area (Å²) < 4.78 is 1.77. The molecule has 1 N–H and O–H groups in total. The minimum Gasteiger partial charge on any atom is -0.321 e. The van der Waals surface area contributed by atoms with Gasteiger partial charge in [-0.25, -0.2) is 14.5 Å². The van der Waals surface area contributed by atoms with E-state index in [0.717, 1.165) is 36.6 Å². The average Bonchev–Trinajstić information content (AvgIpc) is 2.91. The minimum atomic E-state index is 0.0244. The van der Waals surface area contributed by atoms with Crippen LogP contribution in [0.2, 0.25) is 0 Å². The van der Waals surface area contributed by atoms with Gasteiger partial charge in [-0.15, -0.1) is 0 Å². The molecule has 2 saturated heterocycles. The number of amides is 2. The number of carbonyl (C=O) groups is 1. The van der Waals surface area contributed by atoms with Crippen molar-refractivity contribution in [2.24, 2.45) is 11.3 Å². The van der Waals surface area contributed by atoms with E-state index in [-0.39, 0.29) is 11.4 Å². The highest BCUT2D eigenvalue weighted by Gasteiger charge is 2.52. The van der Waals surface area contributed by atoms with Crippen LogP contribution in [0.4, 0.5) is 10.5 Å². The zero-order chi connectivity index (χ0) is 17.4. The fourth-order valence-corrected chi connectivity index (χ4v) is 4.36. The summed E-state index contributed by atoms with van der Waals surface area (Å²) in [6.45, 7) is 6.10. The van der Waals surface area contributed by atoms with Crippen molar-refractivity contribution >= 4 is 11.7 Å². The van der Waals surface area contributed by atoms with Crippen molar-refractivity contribution in [3.05, 3.63) is 42.5 Å². The lowest BCUT2D eigenvalue weighted by atomic mass is 9.57. The predicted molar refractivity (Wildman–Crippen MR) is 96.2 cm³/mol. The largest absolute Gasteiger partial charge is 0.322 e. The highest BCUT2D eigenvalue weighted by Crippen LogP contribution is 2.53. The number of fused-ring (bicyclic) bond motifs is 3. The molecule has 2 amide bonds. The van der Waals surface area contributed by atoms with E-state index in [1.54, 1.807) is 11.0 Å². The molecule has 2 unspecified atom stereocenters. The molecule has 1 aliphatic carbocycles. The molecule has 0 radical (unpaired) electrons. The van der Waals surface area contributed by atoms with E-state index in [1.165, 1.54) is 12.7 Å². The van der Waals surface area contributed by atoms with Gasteiger partial charge in [-0.1, -0.05) is 26.0 Å². The van der Waals surface area contributed by atoms with Crippen LogP contribution in [0.25, 0.3) is 0 Å². The van der Waals surface area contributed by atoms with E-state index in [0.29, 0.717) is 12.6 Å². The van der Waals surface area contributed by atoms with Gasteiger partial charge in [0.1, 0.15) is 12.7 Å². The third-order valence-corrected chi connectivity index (χ3v) is 6.00. The first kappa shape index (κ1) is 16.1. The summed E-state index contributed by atoms with van der Waals surface area (Å²) in [5, 5.41) is 7.22. The van der Waals surface area contributed by atoms with Crippen molar-refractivity contribution in [3.8, 4) is 0 Å². The maximum atomic E-state index is 12.9. The zero-order valence-corrected chi connectivity index (χ0v) is 14.9. The number of rotatable bonds is 3. The van der Waals surface area contributed by atoms with E-state index >= 15 is 0 Å². The minimum absolute atomic E-state index is 0.0244. The van der Waals surface area contributed by atoms with E-state index in [2.05, 4.69) is 29.2 Å². The maximum absolute atomic E-state index is 12.9. The van der Waals surface area contributed by atoms with Crippen LogP contribution < -0.4 is 5.32 Å². The molecule has 1 saturated carbocycles. The van der Waals surface area contributed by atoms with Crippen LogP contribution in [0.15, 0.2) is 36.9 Å². The molecule has 1 aromatic carbocycles. The highest BCUT2D eigenvalue weighted by molar-refractivity contribution is 5.89. The summed E-state index contributed by atoms with van der Waals surface area (Å²) in [6, 6.07) is 8.33. The SMILES string of the molecule is CC1(C)C2CCCN(C(=O)Nc3cccc(Cn4cncn4)c3)C1C2. The monoisotopic (exact) mass is 339 g/mol. The Hall–Kier alpha value is -2.37. The van der Waals surface area contributed by atoms with Crippen LogP contribution in [-0.2, 0) is 6.54 Å². The fourth-order valence-electron chi connectivity index (χ4n) is 4.36. The lowest BCUT2D eigenvalue weighted by Crippen LogP contribution is -2.58. The summed E-state index contributed by atoms with van der Waals surface area (Å²) in [7, 11) is 0. The van der Waals surface area contributed by atoms with Crippen molar-refractivity contribution in [1.82, 2.24) is 19.7 Å². The first-order valence-corrected chi connectivity index (χ1v) is 9.03. The Labute approximate surface area is 148 Å². The Kier molecular flexibility index (Phi) is 3.98. The van der Waals surface area contributed by atoms with Gasteiger partial charge < -0.3 is 10.2 Å². The number of carbonyl (C=O) groups excluding carboxylic acids is 1. The number of aromatic nitrogens is 3. The Balaban J connectivity index is 1.45. The molecular formula is C19H25N5O. The molecule has 3 fully saturated rings. The van der Waals surface area contributed by atoms with E-state index in [1.807, 2.05) is 29.2 Å². The molecule has 2 aromatic rings. The molecule has 5 rings (SSSR count). The number of anilines is 1. The molecule has 0 spiro atoms. The first-order chi connectivity index (χ1) is 12.0. The van der Waals surface area contributed by atoms with Crippen LogP contribution in [0.1, 0.15) is 38.7 Å². The molecule has 2 atom stereocenters. The van der Waals surface area contributed by atoms with Gasteiger partial charge >= 0.3 is 6.03 Å². The number of hydrogen-bond acceptors (Lipinski definition) is 3. The Morgan fingerprint density at radius 2 is 2.28 bits per heavy atom. The van der Waals surface area contributed by atoms with Crippen molar-refractivity contribution in [1.29, 1.82) is 0 Å². The number of hydrogen-bond donors (Lipinski definition) is 1. The molecule has 2 bridgehead atoms. The van der Waals surface area contributed by atoms with Gasteiger partial charge in [-0.3, -0.25) is 0 Å². The van der Waals surface area contributed by atoms with E-state index < -0.39 is 0 Å². The Morgan fingerprint density at radius 3 is 3.04 bits per heavy atom. The zero-order valence-electron chi connectivity index (χ0n) is 14.9. The van der Waals surface area contributed by atoms with Gasteiger partial charge in [-0.2, -0.15) is 5.10 Å². The smallest absolute Gasteiger partial charge is 0.321 e. The second-order valence-electron chi connectivity index (χ2n) is 7.83. The number of benzene rings is 1. The first-order valence-electron chi connectivity index (χ1n) is 9.03. The summed E-state index contributed by atoms with van der Waals surface area (Å²) in [4.78, 5) is 18.9. The summed E-state index contributed by atoms with van der Waals surface area (Å²) in [5.74, 6) is 0.765. The molecule has 132 valence electrons. The fraction of sp³-hybridized carbons (Fsp3) is 0.526. The van der Waals surface area contributed by atoms with Crippen LogP contribution >= 0.6 is 0 Å². The molecule has 3 aliphatic rings. The summed E-state index contributed by atoms with van der Waals surface area (Å²) >= 11 is 0. The molecule has 3 heterocycles. The van der Waals surface area contributed by atoms with Crippen molar-refractivity contribution < 1.29 is 4.79 Å². The summed E-state index contributed by atoms with van der Waals surface area (Å²) in [6.07, 6.45) is 6.70. The molecular weight excluding hydrogens is 314 g/mol.